The maximum Gasteiger partial charge on any atom is 0.153 e. The van der Waals surface area contributed by atoms with E-state index < -0.39 is 0 Å². The summed E-state index contributed by atoms with van der Waals surface area (Å²) >= 11 is 0. The molecule has 0 unspecified atom stereocenters. The summed E-state index contributed by atoms with van der Waals surface area (Å²) in [5.41, 5.74) is 2.08. The summed E-state index contributed by atoms with van der Waals surface area (Å²) in [7, 11) is 1.92. The maximum absolute atomic E-state index is 11.0. The molecule has 0 fully saturated rings. The van der Waals surface area contributed by atoms with Gasteiger partial charge in [-0.15, -0.1) is 0 Å². The second-order valence-corrected chi connectivity index (χ2v) is 3.88. The van der Waals surface area contributed by atoms with E-state index in [4.69, 9.17) is 4.42 Å². The van der Waals surface area contributed by atoms with E-state index in [-0.39, 0.29) is 0 Å². The number of aryl methyl sites for hydroxylation is 1. The summed E-state index contributed by atoms with van der Waals surface area (Å²) in [6.45, 7) is 0. The van der Waals surface area contributed by atoms with Crippen LogP contribution in [0.1, 0.15) is 10.4 Å². The van der Waals surface area contributed by atoms with E-state index in [1.807, 2.05) is 29.9 Å². The van der Waals surface area contributed by atoms with Crippen LogP contribution in [0, 0.1) is 0 Å². The van der Waals surface area contributed by atoms with E-state index in [2.05, 4.69) is 4.98 Å². The van der Waals surface area contributed by atoms with Gasteiger partial charge in [-0.25, -0.2) is 4.98 Å². The predicted molar refractivity (Wildman–Crippen MR) is 63.8 cm³/mol. The molecule has 0 bridgehead atoms. The Hall–Kier alpha value is -2.36. The third kappa shape index (κ3) is 1.45. The van der Waals surface area contributed by atoms with Crippen LogP contribution >= 0.6 is 0 Å². The highest BCUT2D eigenvalue weighted by Crippen LogP contribution is 2.26. The van der Waals surface area contributed by atoms with Crippen LogP contribution in [-0.2, 0) is 7.05 Å². The molecule has 17 heavy (non-hydrogen) atoms. The summed E-state index contributed by atoms with van der Waals surface area (Å²) in [5, 5.41) is 0.910. The van der Waals surface area contributed by atoms with Crippen LogP contribution in [0.4, 0.5) is 0 Å². The van der Waals surface area contributed by atoms with Gasteiger partial charge in [0.05, 0.1) is 11.8 Å². The number of hydrogen-bond acceptors (Lipinski definition) is 3. The van der Waals surface area contributed by atoms with Gasteiger partial charge >= 0.3 is 0 Å². The van der Waals surface area contributed by atoms with Crippen LogP contribution in [0.15, 0.2) is 41.3 Å². The first kappa shape index (κ1) is 9.84. The monoisotopic (exact) mass is 226 g/mol. The quantitative estimate of drug-likeness (QED) is 0.631. The highest BCUT2D eigenvalue weighted by Gasteiger charge is 2.10. The number of hydrogen-bond donors (Lipinski definition) is 0. The van der Waals surface area contributed by atoms with Crippen molar-refractivity contribution in [2.75, 3.05) is 0 Å². The molecule has 4 heteroatoms. The zero-order valence-electron chi connectivity index (χ0n) is 9.25. The van der Waals surface area contributed by atoms with Gasteiger partial charge in [0, 0.05) is 30.4 Å². The number of nitrogens with zero attached hydrogens (tertiary/aromatic N) is 2. The van der Waals surface area contributed by atoms with Crippen LogP contribution in [0.3, 0.4) is 0 Å². The molecule has 3 aromatic rings. The summed E-state index contributed by atoms with van der Waals surface area (Å²) in [4.78, 5) is 15.3. The van der Waals surface area contributed by atoms with Crippen molar-refractivity contribution in [3.8, 4) is 11.4 Å². The van der Waals surface area contributed by atoms with Gasteiger partial charge in [0.1, 0.15) is 11.4 Å². The van der Waals surface area contributed by atoms with Crippen molar-refractivity contribution >= 4 is 17.3 Å². The van der Waals surface area contributed by atoms with Gasteiger partial charge in [-0.2, -0.15) is 0 Å². The molecule has 0 aliphatic carbocycles. The fraction of sp³-hybridized carbons (Fsp3) is 0.0769. The van der Waals surface area contributed by atoms with Crippen molar-refractivity contribution < 1.29 is 9.21 Å². The van der Waals surface area contributed by atoms with Crippen LogP contribution in [0.2, 0.25) is 0 Å². The fourth-order valence-corrected chi connectivity index (χ4v) is 1.97. The van der Waals surface area contributed by atoms with E-state index in [1.54, 1.807) is 18.5 Å². The van der Waals surface area contributed by atoms with Crippen LogP contribution in [0.25, 0.3) is 22.4 Å². The standard InChI is InChI=1S/C13H10N2O2/c1-15-4-3-14-13(15)10-6-9-2-5-17-12(9)11(7-10)8-16/h2-8H,1H3. The van der Waals surface area contributed by atoms with Crippen LogP contribution in [-0.4, -0.2) is 15.8 Å². The van der Waals surface area contributed by atoms with Crippen LogP contribution in [0.5, 0.6) is 0 Å². The first-order chi connectivity index (χ1) is 8.29. The molecule has 0 spiro atoms. The molecule has 2 aromatic heterocycles. The van der Waals surface area contributed by atoms with Crippen LogP contribution < -0.4 is 0 Å². The molecule has 0 N–H and O–H groups in total. The predicted octanol–water partition coefficient (Wildman–Crippen LogP) is 2.65. The lowest BCUT2D eigenvalue weighted by Crippen LogP contribution is -1.92. The SMILES string of the molecule is Cn1ccnc1-c1cc(C=O)c2occc2c1. The minimum absolute atomic E-state index is 0.547. The average Bonchev–Trinajstić information content (AvgIpc) is 2.95. The van der Waals surface area contributed by atoms with E-state index in [0.29, 0.717) is 11.1 Å². The van der Waals surface area contributed by atoms with Gasteiger partial charge in [-0.3, -0.25) is 4.79 Å². The van der Waals surface area contributed by atoms with Gasteiger partial charge in [0.25, 0.3) is 0 Å². The zero-order chi connectivity index (χ0) is 11.8. The van der Waals surface area contributed by atoms with Gasteiger partial charge < -0.3 is 8.98 Å². The molecule has 84 valence electrons. The second-order valence-electron chi connectivity index (χ2n) is 3.88. The number of rotatable bonds is 2. The molecular weight excluding hydrogens is 216 g/mol. The number of carbonyl (C=O) groups is 1. The minimum Gasteiger partial charge on any atom is -0.464 e. The van der Waals surface area contributed by atoms with Crippen molar-refractivity contribution in [2.45, 2.75) is 0 Å². The molecular formula is C13H10N2O2. The van der Waals surface area contributed by atoms with Gasteiger partial charge in [0.2, 0.25) is 0 Å². The van der Waals surface area contributed by atoms with Crippen molar-refractivity contribution in [3.63, 3.8) is 0 Å². The third-order valence-electron chi connectivity index (χ3n) is 2.79. The minimum atomic E-state index is 0.547. The highest BCUT2D eigenvalue weighted by molar-refractivity contribution is 5.97. The summed E-state index contributed by atoms with van der Waals surface area (Å²) in [6, 6.07) is 5.60. The smallest absolute Gasteiger partial charge is 0.153 e. The number of fused-ring (bicyclic) bond motifs is 1. The van der Waals surface area contributed by atoms with E-state index >= 15 is 0 Å². The van der Waals surface area contributed by atoms with Crippen molar-refractivity contribution in [1.29, 1.82) is 0 Å². The largest absolute Gasteiger partial charge is 0.464 e. The Labute approximate surface area is 97.5 Å². The summed E-state index contributed by atoms with van der Waals surface area (Å²) < 4.78 is 7.20. The van der Waals surface area contributed by atoms with E-state index in [1.165, 1.54) is 0 Å². The highest BCUT2D eigenvalue weighted by atomic mass is 16.3. The van der Waals surface area contributed by atoms with Gasteiger partial charge in [-0.05, 0) is 18.2 Å². The number of benzene rings is 1. The lowest BCUT2D eigenvalue weighted by Gasteiger charge is -2.03. The lowest BCUT2D eigenvalue weighted by atomic mass is 10.1. The topological polar surface area (TPSA) is 48.0 Å². The van der Waals surface area contributed by atoms with Gasteiger partial charge in [-0.1, -0.05) is 0 Å². The summed E-state index contributed by atoms with van der Waals surface area (Å²) in [5.74, 6) is 0.830. The average molecular weight is 226 g/mol. The fourth-order valence-electron chi connectivity index (χ4n) is 1.97. The molecule has 0 atom stereocenters. The molecule has 0 radical (unpaired) electrons. The van der Waals surface area contributed by atoms with E-state index in [9.17, 15) is 4.79 Å². The Morgan fingerprint density at radius 1 is 1.41 bits per heavy atom. The van der Waals surface area contributed by atoms with Crippen molar-refractivity contribution in [3.05, 3.63) is 42.4 Å². The Morgan fingerprint density at radius 2 is 2.29 bits per heavy atom. The molecule has 4 nitrogen and oxygen atoms in total. The first-order valence-corrected chi connectivity index (χ1v) is 5.24. The number of imidazole rings is 1. The molecule has 0 amide bonds. The second kappa shape index (κ2) is 3.59. The van der Waals surface area contributed by atoms with Crippen molar-refractivity contribution in [1.82, 2.24) is 9.55 Å². The number of furan rings is 1. The third-order valence-corrected chi connectivity index (χ3v) is 2.79. The molecule has 1 aromatic carbocycles. The van der Waals surface area contributed by atoms with E-state index in [0.717, 1.165) is 23.1 Å². The summed E-state index contributed by atoms with van der Waals surface area (Å²) in [6.07, 6.45) is 5.99. The number of aldehydes is 1. The number of aromatic nitrogens is 2. The molecule has 3 rings (SSSR count). The first-order valence-electron chi connectivity index (χ1n) is 5.24. The number of carbonyl (C=O) groups excluding carboxylic acids is 1. The molecule has 0 saturated carbocycles. The molecule has 0 aliphatic heterocycles. The lowest BCUT2D eigenvalue weighted by molar-refractivity contribution is 0.112. The Bertz CT molecular complexity index is 694. The maximum atomic E-state index is 11.0. The Kier molecular flexibility index (Phi) is 2.08. The van der Waals surface area contributed by atoms with Crippen molar-refractivity contribution in [2.24, 2.45) is 7.05 Å². The molecule has 2 heterocycles. The normalized spacial score (nSPS) is 10.9. The van der Waals surface area contributed by atoms with Gasteiger partial charge in [0.15, 0.2) is 6.29 Å². The Balaban J connectivity index is 2.31. The zero-order valence-corrected chi connectivity index (χ0v) is 9.25. The molecule has 0 saturated heterocycles. The molecule has 0 aliphatic rings. The Morgan fingerprint density at radius 3 is 3.00 bits per heavy atom.